The van der Waals surface area contributed by atoms with Crippen LogP contribution in [0, 0.1) is 0 Å². The van der Waals surface area contributed by atoms with E-state index in [1.165, 1.54) is 0 Å². The van der Waals surface area contributed by atoms with Crippen LogP contribution in [0.3, 0.4) is 0 Å². The fourth-order valence-electron chi connectivity index (χ4n) is 3.55. The van der Waals surface area contributed by atoms with Gasteiger partial charge in [-0.25, -0.2) is 4.79 Å². The quantitative estimate of drug-likeness (QED) is 0.683. The van der Waals surface area contributed by atoms with Crippen LogP contribution in [0.1, 0.15) is 28.8 Å². The molecule has 1 saturated heterocycles. The summed E-state index contributed by atoms with van der Waals surface area (Å²) in [5.74, 6) is 0.427. The maximum absolute atomic E-state index is 12.3. The predicted molar refractivity (Wildman–Crippen MR) is 111 cm³/mol. The van der Waals surface area contributed by atoms with Crippen molar-refractivity contribution in [2.24, 2.45) is 0 Å². The van der Waals surface area contributed by atoms with Crippen LogP contribution in [0.15, 0.2) is 48.5 Å². The molecule has 0 radical (unpaired) electrons. The Balaban J connectivity index is 1.22. The van der Waals surface area contributed by atoms with Crippen molar-refractivity contribution in [3.63, 3.8) is 0 Å². The van der Waals surface area contributed by atoms with Gasteiger partial charge in [-0.3, -0.25) is 9.59 Å². The van der Waals surface area contributed by atoms with E-state index in [1.807, 2.05) is 24.3 Å². The Kier molecular flexibility index (Phi) is 6.35. The Hall–Kier alpha value is -3.55. The number of esters is 1. The van der Waals surface area contributed by atoms with Crippen LogP contribution in [-0.2, 0) is 20.9 Å². The minimum atomic E-state index is -0.587. The molecule has 8 nitrogen and oxygen atoms in total. The number of nitrogens with one attached hydrogen (secondary N) is 1. The van der Waals surface area contributed by atoms with Crippen molar-refractivity contribution in [2.45, 2.75) is 25.5 Å². The minimum Gasteiger partial charge on any atom is -0.486 e. The summed E-state index contributed by atoms with van der Waals surface area (Å²) in [7, 11) is 0. The molecule has 2 aliphatic heterocycles. The number of para-hydroxylation sites is 2. The van der Waals surface area contributed by atoms with E-state index < -0.39 is 18.5 Å². The summed E-state index contributed by atoms with van der Waals surface area (Å²) in [5.41, 5.74) is 1.20. The Morgan fingerprint density at radius 2 is 1.97 bits per heavy atom. The largest absolute Gasteiger partial charge is 0.486 e. The van der Waals surface area contributed by atoms with Crippen LogP contribution in [0.2, 0.25) is 0 Å². The summed E-state index contributed by atoms with van der Waals surface area (Å²) in [5, 5.41) is 2.69. The summed E-state index contributed by atoms with van der Waals surface area (Å²) >= 11 is 0. The summed E-state index contributed by atoms with van der Waals surface area (Å²) in [6.45, 7) is 1.37. The van der Waals surface area contributed by atoms with Crippen molar-refractivity contribution in [3.05, 3.63) is 59.7 Å². The second kappa shape index (κ2) is 9.51. The van der Waals surface area contributed by atoms with Crippen molar-refractivity contribution in [3.8, 4) is 11.5 Å². The van der Waals surface area contributed by atoms with Crippen LogP contribution in [-0.4, -0.2) is 55.1 Å². The van der Waals surface area contributed by atoms with Crippen molar-refractivity contribution in [2.75, 3.05) is 26.3 Å². The van der Waals surface area contributed by atoms with Gasteiger partial charge in [-0.1, -0.05) is 24.3 Å². The number of benzene rings is 2. The van der Waals surface area contributed by atoms with Gasteiger partial charge >= 0.3 is 5.97 Å². The van der Waals surface area contributed by atoms with Gasteiger partial charge in [-0.05, 0) is 36.2 Å². The molecule has 0 spiro atoms. The van der Waals surface area contributed by atoms with Crippen molar-refractivity contribution in [1.29, 1.82) is 0 Å². The fourth-order valence-corrected chi connectivity index (χ4v) is 3.55. The first-order valence-electron chi connectivity index (χ1n) is 10.3. The zero-order chi connectivity index (χ0) is 21.6. The molecule has 0 saturated carbocycles. The van der Waals surface area contributed by atoms with E-state index in [0.717, 1.165) is 18.5 Å². The van der Waals surface area contributed by atoms with E-state index in [2.05, 4.69) is 5.32 Å². The molecule has 2 heterocycles. The van der Waals surface area contributed by atoms with Crippen molar-refractivity contribution >= 4 is 17.8 Å². The lowest BCUT2D eigenvalue weighted by Crippen LogP contribution is -2.42. The SMILES string of the molecule is O=C(COC(=O)c1cccc(CN2CCCC2=O)c1)NCC1COc2ccccc2O1. The standard InChI is InChI=1S/C23H24N2O6/c26-21(24-12-18-14-29-19-7-1-2-8-20(19)31-18)15-30-23(28)17-6-3-5-16(11-17)13-25-10-4-9-22(25)27/h1-3,5-8,11,18H,4,9-10,12-15H2,(H,24,26). The van der Waals surface area contributed by atoms with Crippen molar-refractivity contribution < 1.29 is 28.6 Å². The number of carbonyl (C=O) groups is 3. The average Bonchev–Trinajstić information content (AvgIpc) is 3.20. The molecule has 0 bridgehead atoms. The maximum Gasteiger partial charge on any atom is 0.338 e. The highest BCUT2D eigenvalue weighted by Crippen LogP contribution is 2.30. The first-order chi connectivity index (χ1) is 15.1. The molecule has 2 aromatic carbocycles. The molecule has 8 heteroatoms. The smallest absolute Gasteiger partial charge is 0.338 e. The fraction of sp³-hybridized carbons (Fsp3) is 0.348. The zero-order valence-electron chi connectivity index (χ0n) is 17.0. The molecule has 4 rings (SSSR count). The highest BCUT2D eigenvalue weighted by molar-refractivity contribution is 5.91. The van der Waals surface area contributed by atoms with Gasteiger partial charge in [0.05, 0.1) is 12.1 Å². The Morgan fingerprint density at radius 1 is 1.13 bits per heavy atom. The lowest BCUT2D eigenvalue weighted by atomic mass is 10.1. The highest BCUT2D eigenvalue weighted by Gasteiger charge is 2.22. The molecule has 0 aromatic heterocycles. The number of fused-ring (bicyclic) bond motifs is 1. The van der Waals surface area contributed by atoms with Crippen LogP contribution in [0.5, 0.6) is 11.5 Å². The lowest BCUT2D eigenvalue weighted by Gasteiger charge is -2.26. The third kappa shape index (κ3) is 5.33. The molecule has 31 heavy (non-hydrogen) atoms. The number of ether oxygens (including phenoxy) is 3. The van der Waals surface area contributed by atoms with Crippen molar-refractivity contribution in [1.82, 2.24) is 10.2 Å². The maximum atomic E-state index is 12.3. The topological polar surface area (TPSA) is 94.2 Å². The molecule has 0 aliphatic carbocycles. The molecule has 1 atom stereocenters. The van der Waals surface area contributed by atoms with Gasteiger partial charge in [0.2, 0.25) is 5.91 Å². The molecule has 2 amide bonds. The third-order valence-corrected chi connectivity index (χ3v) is 5.14. The van der Waals surface area contributed by atoms with E-state index in [9.17, 15) is 14.4 Å². The normalized spacial score (nSPS) is 17.4. The van der Waals surface area contributed by atoms with Gasteiger partial charge in [-0.15, -0.1) is 0 Å². The predicted octanol–water partition coefficient (Wildman–Crippen LogP) is 1.92. The number of hydrogen-bond acceptors (Lipinski definition) is 6. The molecule has 1 N–H and O–H groups in total. The lowest BCUT2D eigenvalue weighted by molar-refractivity contribution is -0.128. The van der Waals surface area contributed by atoms with Crippen LogP contribution in [0.4, 0.5) is 0 Å². The third-order valence-electron chi connectivity index (χ3n) is 5.14. The first kappa shape index (κ1) is 20.7. The molecule has 1 unspecified atom stereocenters. The molecule has 2 aliphatic rings. The van der Waals surface area contributed by atoms with Gasteiger partial charge in [0, 0.05) is 19.5 Å². The van der Waals surface area contributed by atoms with E-state index in [-0.39, 0.29) is 18.6 Å². The molecule has 162 valence electrons. The van der Waals surface area contributed by atoms with Gasteiger partial charge in [0.1, 0.15) is 12.7 Å². The summed E-state index contributed by atoms with van der Waals surface area (Å²) in [4.78, 5) is 37.9. The average molecular weight is 424 g/mol. The minimum absolute atomic E-state index is 0.125. The Bertz CT molecular complexity index is 976. The second-order valence-electron chi connectivity index (χ2n) is 7.50. The Labute approximate surface area is 180 Å². The number of nitrogens with zero attached hydrogens (tertiary/aromatic N) is 1. The summed E-state index contributed by atoms with van der Waals surface area (Å²) in [6.07, 6.45) is 1.11. The first-order valence-corrected chi connectivity index (χ1v) is 10.3. The second-order valence-corrected chi connectivity index (χ2v) is 7.50. The summed E-state index contributed by atoms with van der Waals surface area (Å²) in [6, 6.07) is 14.3. The number of likely N-dealkylation sites (tertiary alicyclic amines) is 1. The number of hydrogen-bond donors (Lipinski definition) is 1. The van der Waals surface area contributed by atoms with Crippen LogP contribution in [0.25, 0.3) is 0 Å². The number of carbonyl (C=O) groups excluding carboxylic acids is 3. The highest BCUT2D eigenvalue weighted by atomic mass is 16.6. The van der Waals surface area contributed by atoms with Gasteiger partial charge < -0.3 is 24.4 Å². The molecular formula is C23H24N2O6. The Morgan fingerprint density at radius 3 is 2.77 bits per heavy atom. The van der Waals surface area contributed by atoms with E-state index in [1.54, 1.807) is 29.2 Å². The van der Waals surface area contributed by atoms with E-state index >= 15 is 0 Å². The van der Waals surface area contributed by atoms with Gasteiger partial charge in [0.25, 0.3) is 5.91 Å². The molecule has 1 fully saturated rings. The summed E-state index contributed by atoms with van der Waals surface area (Å²) < 4.78 is 16.5. The van der Waals surface area contributed by atoms with Gasteiger partial charge in [-0.2, -0.15) is 0 Å². The number of amides is 2. The zero-order valence-corrected chi connectivity index (χ0v) is 17.0. The van der Waals surface area contributed by atoms with E-state index in [0.29, 0.717) is 36.6 Å². The van der Waals surface area contributed by atoms with Crippen LogP contribution < -0.4 is 14.8 Å². The van der Waals surface area contributed by atoms with Crippen LogP contribution >= 0.6 is 0 Å². The molecular weight excluding hydrogens is 400 g/mol. The van der Waals surface area contributed by atoms with Gasteiger partial charge in [0.15, 0.2) is 18.1 Å². The van der Waals surface area contributed by atoms with E-state index in [4.69, 9.17) is 14.2 Å². The molecule has 2 aromatic rings. The number of rotatable bonds is 7. The monoisotopic (exact) mass is 424 g/mol.